The van der Waals surface area contributed by atoms with Crippen molar-refractivity contribution in [2.75, 3.05) is 11.9 Å². The van der Waals surface area contributed by atoms with Crippen LogP contribution < -0.4 is 5.32 Å². The van der Waals surface area contributed by atoms with Crippen molar-refractivity contribution in [3.63, 3.8) is 0 Å². The largest absolute Gasteiger partial charge is 0.352 e. The lowest BCUT2D eigenvalue weighted by Crippen LogP contribution is -2.26. The number of carbonyl (C=O) groups excluding carboxylic acids is 2. The van der Waals surface area contributed by atoms with Gasteiger partial charge in [-0.3, -0.25) is 19.7 Å². The Kier molecular flexibility index (Phi) is 6.90. The first-order chi connectivity index (χ1) is 11.5. The van der Waals surface area contributed by atoms with Gasteiger partial charge >= 0.3 is 0 Å². The Morgan fingerprint density at radius 1 is 1.25 bits per heavy atom. The third-order valence-corrected chi connectivity index (χ3v) is 4.95. The molecule has 0 bridgehead atoms. The molecule has 24 heavy (non-hydrogen) atoms. The standard InChI is InChI=1S/C17H21BrN2O4/c18-11-16(21)14-7-6-13(10-15(14)20(23)24)17(22)19-9-8-12-4-2-1-3-5-12/h6-7,10,12H,1-5,8-9,11H2,(H,19,22). The van der Waals surface area contributed by atoms with Crippen molar-refractivity contribution in [1.82, 2.24) is 5.32 Å². The number of carbonyl (C=O) groups is 2. The van der Waals surface area contributed by atoms with Gasteiger partial charge in [0.1, 0.15) is 0 Å². The van der Waals surface area contributed by atoms with Crippen molar-refractivity contribution in [2.24, 2.45) is 5.92 Å². The number of rotatable bonds is 7. The number of nitrogens with zero attached hydrogens (tertiary/aromatic N) is 1. The molecule has 6 nitrogen and oxygen atoms in total. The Morgan fingerprint density at radius 3 is 2.58 bits per heavy atom. The number of nitrogens with one attached hydrogen (secondary N) is 1. The van der Waals surface area contributed by atoms with E-state index in [1.54, 1.807) is 0 Å². The zero-order chi connectivity index (χ0) is 17.5. The zero-order valence-electron chi connectivity index (χ0n) is 13.4. The van der Waals surface area contributed by atoms with Crippen molar-refractivity contribution in [3.05, 3.63) is 39.4 Å². The number of halogens is 1. The molecule has 0 heterocycles. The predicted octanol–water partition coefficient (Wildman–Crippen LogP) is 3.87. The second kappa shape index (κ2) is 8.92. The fourth-order valence-corrected chi connectivity index (χ4v) is 3.40. The lowest BCUT2D eigenvalue weighted by atomic mass is 9.87. The number of ketones is 1. The van der Waals surface area contributed by atoms with Crippen molar-refractivity contribution < 1.29 is 14.5 Å². The second-order valence-electron chi connectivity index (χ2n) is 6.09. The molecular weight excluding hydrogens is 376 g/mol. The van der Waals surface area contributed by atoms with Gasteiger partial charge in [0, 0.05) is 18.2 Å². The predicted molar refractivity (Wildman–Crippen MR) is 94.7 cm³/mol. The number of Topliss-reactive ketones (excluding diaryl/α,β-unsaturated/α-hetero) is 1. The van der Waals surface area contributed by atoms with E-state index in [1.807, 2.05) is 0 Å². The highest BCUT2D eigenvalue weighted by atomic mass is 79.9. The van der Waals surface area contributed by atoms with Gasteiger partial charge in [-0.25, -0.2) is 0 Å². The maximum atomic E-state index is 12.2. The molecule has 1 fully saturated rings. The van der Waals surface area contributed by atoms with Crippen LogP contribution in [-0.4, -0.2) is 28.5 Å². The minimum atomic E-state index is -0.630. The molecule has 1 aliphatic carbocycles. The molecule has 0 atom stereocenters. The maximum Gasteiger partial charge on any atom is 0.281 e. The Balaban J connectivity index is 1.99. The Morgan fingerprint density at radius 2 is 1.96 bits per heavy atom. The van der Waals surface area contributed by atoms with E-state index < -0.39 is 4.92 Å². The van der Waals surface area contributed by atoms with E-state index in [0.29, 0.717) is 12.5 Å². The van der Waals surface area contributed by atoms with Crippen LogP contribution in [0.4, 0.5) is 5.69 Å². The SMILES string of the molecule is O=C(NCCC1CCCCC1)c1ccc(C(=O)CBr)c([N+](=O)[O-])c1. The van der Waals surface area contributed by atoms with Crippen LogP contribution in [0.25, 0.3) is 0 Å². The van der Waals surface area contributed by atoms with Gasteiger partial charge < -0.3 is 5.32 Å². The Labute approximate surface area is 149 Å². The number of alkyl halides is 1. The van der Waals surface area contributed by atoms with Crippen molar-refractivity contribution in [2.45, 2.75) is 38.5 Å². The lowest BCUT2D eigenvalue weighted by molar-refractivity contribution is -0.385. The summed E-state index contributed by atoms with van der Waals surface area (Å²) >= 11 is 3.00. The van der Waals surface area contributed by atoms with Crippen LogP contribution in [0, 0.1) is 16.0 Å². The first-order valence-corrected chi connectivity index (χ1v) is 9.31. The summed E-state index contributed by atoms with van der Waals surface area (Å²) in [7, 11) is 0. The summed E-state index contributed by atoms with van der Waals surface area (Å²) in [5.74, 6) is -0.0648. The summed E-state index contributed by atoms with van der Waals surface area (Å²) in [5, 5.41) is 14.0. The molecule has 1 N–H and O–H groups in total. The second-order valence-corrected chi connectivity index (χ2v) is 6.66. The van der Waals surface area contributed by atoms with Crippen LogP contribution in [0.2, 0.25) is 0 Å². The molecule has 7 heteroatoms. The third kappa shape index (κ3) is 4.87. The number of amides is 1. The normalized spacial score (nSPS) is 15.0. The van der Waals surface area contributed by atoms with Crippen LogP contribution in [-0.2, 0) is 0 Å². The summed E-state index contributed by atoms with van der Waals surface area (Å²) in [6.07, 6.45) is 7.18. The molecule has 1 aromatic carbocycles. The molecule has 0 saturated heterocycles. The minimum Gasteiger partial charge on any atom is -0.352 e. The Bertz CT molecular complexity index is 627. The van der Waals surface area contributed by atoms with Crippen LogP contribution >= 0.6 is 15.9 Å². The fourth-order valence-electron chi connectivity index (χ4n) is 3.10. The summed E-state index contributed by atoms with van der Waals surface area (Å²) in [4.78, 5) is 34.4. The van der Waals surface area contributed by atoms with E-state index >= 15 is 0 Å². The summed E-state index contributed by atoms with van der Waals surface area (Å²) < 4.78 is 0. The van der Waals surface area contributed by atoms with Crippen LogP contribution in [0.15, 0.2) is 18.2 Å². The molecule has 0 unspecified atom stereocenters. The van der Waals surface area contributed by atoms with E-state index in [9.17, 15) is 19.7 Å². The van der Waals surface area contributed by atoms with Crippen molar-refractivity contribution in [1.29, 1.82) is 0 Å². The number of hydrogen-bond donors (Lipinski definition) is 1. The summed E-state index contributed by atoms with van der Waals surface area (Å²) in [5.41, 5.74) is -0.119. The summed E-state index contributed by atoms with van der Waals surface area (Å²) in [6.45, 7) is 0.569. The number of benzene rings is 1. The first-order valence-electron chi connectivity index (χ1n) is 8.18. The molecular formula is C17H21BrN2O4. The fraction of sp³-hybridized carbons (Fsp3) is 0.529. The molecule has 0 aliphatic heterocycles. The first kappa shape index (κ1) is 18.6. The van der Waals surface area contributed by atoms with E-state index in [0.717, 1.165) is 6.42 Å². The van der Waals surface area contributed by atoms with Gasteiger partial charge in [-0.1, -0.05) is 48.0 Å². The minimum absolute atomic E-state index is 0.000765. The van der Waals surface area contributed by atoms with E-state index in [-0.39, 0.29) is 33.8 Å². The molecule has 0 radical (unpaired) electrons. The van der Waals surface area contributed by atoms with Crippen LogP contribution in [0.1, 0.15) is 59.2 Å². The van der Waals surface area contributed by atoms with Gasteiger partial charge in [0.25, 0.3) is 11.6 Å². The average Bonchev–Trinajstić information content (AvgIpc) is 2.61. The topological polar surface area (TPSA) is 89.3 Å². The van der Waals surface area contributed by atoms with Gasteiger partial charge in [-0.15, -0.1) is 0 Å². The molecule has 1 aromatic rings. The molecule has 1 aliphatic rings. The highest BCUT2D eigenvalue weighted by molar-refractivity contribution is 9.09. The molecule has 0 aromatic heterocycles. The molecule has 0 spiro atoms. The maximum absolute atomic E-state index is 12.2. The van der Waals surface area contributed by atoms with Gasteiger partial charge in [-0.2, -0.15) is 0 Å². The average molecular weight is 397 g/mol. The lowest BCUT2D eigenvalue weighted by Gasteiger charge is -2.21. The molecule has 1 amide bonds. The molecule has 130 valence electrons. The van der Waals surface area contributed by atoms with Gasteiger partial charge in [0.15, 0.2) is 5.78 Å². The van der Waals surface area contributed by atoms with Crippen LogP contribution in [0.5, 0.6) is 0 Å². The zero-order valence-corrected chi connectivity index (χ0v) is 15.0. The smallest absolute Gasteiger partial charge is 0.281 e. The van der Waals surface area contributed by atoms with Gasteiger partial charge in [0.2, 0.25) is 0 Å². The van der Waals surface area contributed by atoms with E-state index in [1.165, 1.54) is 50.3 Å². The quantitative estimate of drug-likeness (QED) is 0.327. The van der Waals surface area contributed by atoms with Gasteiger partial charge in [-0.05, 0) is 24.5 Å². The third-order valence-electron chi connectivity index (χ3n) is 4.44. The monoisotopic (exact) mass is 396 g/mol. The highest BCUT2D eigenvalue weighted by Gasteiger charge is 2.22. The van der Waals surface area contributed by atoms with Crippen LogP contribution in [0.3, 0.4) is 0 Å². The van der Waals surface area contributed by atoms with Gasteiger partial charge in [0.05, 0.1) is 15.8 Å². The highest BCUT2D eigenvalue weighted by Crippen LogP contribution is 2.26. The number of nitro groups is 1. The van der Waals surface area contributed by atoms with Crippen molar-refractivity contribution >= 4 is 33.3 Å². The number of nitro benzene ring substituents is 1. The Hall–Kier alpha value is -1.76. The molecule has 1 saturated carbocycles. The van der Waals surface area contributed by atoms with E-state index in [4.69, 9.17) is 0 Å². The van der Waals surface area contributed by atoms with E-state index in [2.05, 4.69) is 21.2 Å². The summed E-state index contributed by atoms with van der Waals surface area (Å²) in [6, 6.07) is 3.97. The molecule has 2 rings (SSSR count). The van der Waals surface area contributed by atoms with Crippen molar-refractivity contribution in [3.8, 4) is 0 Å². The number of hydrogen-bond acceptors (Lipinski definition) is 4.